The van der Waals surface area contributed by atoms with Crippen molar-refractivity contribution in [2.45, 2.75) is 44.2 Å². The second-order valence-corrected chi connectivity index (χ2v) is 6.86. The lowest BCUT2D eigenvalue weighted by Gasteiger charge is -2.29. The van der Waals surface area contributed by atoms with Gasteiger partial charge in [0.25, 0.3) is 5.91 Å². The Morgan fingerprint density at radius 2 is 2.00 bits per heavy atom. The molecule has 3 heterocycles. The first-order valence-corrected chi connectivity index (χ1v) is 8.61. The normalized spacial score (nSPS) is 27.2. The highest BCUT2D eigenvalue weighted by Crippen LogP contribution is 2.31. The molecule has 0 bridgehead atoms. The van der Waals surface area contributed by atoms with Gasteiger partial charge < -0.3 is 10.2 Å². The minimum Gasteiger partial charge on any atom is -0.322 e. The van der Waals surface area contributed by atoms with E-state index < -0.39 is 6.04 Å². The van der Waals surface area contributed by atoms with E-state index in [-0.39, 0.29) is 24.1 Å². The molecule has 0 aliphatic carbocycles. The Hall–Kier alpha value is -2.21. The molecule has 0 radical (unpaired) electrons. The topological polar surface area (TPSA) is 78.5 Å². The monoisotopic (exact) mass is 327 g/mol. The van der Waals surface area contributed by atoms with Crippen molar-refractivity contribution in [1.82, 2.24) is 15.5 Å². The van der Waals surface area contributed by atoms with Crippen molar-refractivity contribution in [2.24, 2.45) is 0 Å². The molecule has 0 aromatic heterocycles. The first-order valence-electron chi connectivity index (χ1n) is 8.61. The van der Waals surface area contributed by atoms with E-state index in [4.69, 9.17) is 0 Å². The molecule has 3 aliphatic rings. The molecule has 1 aromatic rings. The highest BCUT2D eigenvalue weighted by Gasteiger charge is 2.39. The summed E-state index contributed by atoms with van der Waals surface area (Å²) in [4.78, 5) is 37.8. The first-order chi connectivity index (χ1) is 11.6. The summed E-state index contributed by atoms with van der Waals surface area (Å²) < 4.78 is 0. The van der Waals surface area contributed by atoms with Gasteiger partial charge in [-0.05, 0) is 48.9 Å². The van der Waals surface area contributed by atoms with E-state index in [2.05, 4.69) is 16.7 Å². The highest BCUT2D eigenvalue weighted by molar-refractivity contribution is 6.05. The molecule has 0 spiro atoms. The van der Waals surface area contributed by atoms with Crippen LogP contribution in [0.3, 0.4) is 0 Å². The van der Waals surface area contributed by atoms with Crippen LogP contribution >= 0.6 is 0 Å². The van der Waals surface area contributed by atoms with E-state index in [1.165, 1.54) is 5.56 Å². The van der Waals surface area contributed by atoms with Crippen molar-refractivity contribution in [3.8, 4) is 0 Å². The number of carbonyl (C=O) groups excluding carboxylic acids is 3. The van der Waals surface area contributed by atoms with E-state index in [1.54, 1.807) is 4.90 Å². The number of fused-ring (bicyclic) bond motifs is 1. The van der Waals surface area contributed by atoms with Crippen LogP contribution in [0.1, 0.15) is 53.1 Å². The molecule has 2 fully saturated rings. The van der Waals surface area contributed by atoms with Gasteiger partial charge in [0.15, 0.2) is 0 Å². The largest absolute Gasteiger partial charge is 0.322 e. The Morgan fingerprint density at radius 3 is 2.75 bits per heavy atom. The first kappa shape index (κ1) is 15.3. The SMILES string of the molecule is O=C1CCC(N2Cc3ccc(C4CCCNC4)cc3C2=O)C(=O)N1. The minimum atomic E-state index is -0.539. The van der Waals surface area contributed by atoms with E-state index in [0.29, 0.717) is 24.4 Å². The molecular weight excluding hydrogens is 306 g/mol. The Kier molecular flexibility index (Phi) is 3.84. The van der Waals surface area contributed by atoms with Gasteiger partial charge in [-0.1, -0.05) is 12.1 Å². The van der Waals surface area contributed by atoms with Crippen LogP contribution in [-0.2, 0) is 16.1 Å². The molecule has 1 aromatic carbocycles. The number of amides is 3. The number of hydrogen-bond acceptors (Lipinski definition) is 4. The average Bonchev–Trinajstić information content (AvgIpc) is 2.92. The van der Waals surface area contributed by atoms with Crippen LogP contribution in [0, 0.1) is 0 Å². The number of nitrogens with one attached hydrogen (secondary N) is 2. The summed E-state index contributed by atoms with van der Waals surface area (Å²) in [6, 6.07) is 5.59. The van der Waals surface area contributed by atoms with Crippen LogP contribution in [-0.4, -0.2) is 41.8 Å². The maximum Gasteiger partial charge on any atom is 0.255 e. The zero-order chi connectivity index (χ0) is 16.7. The number of piperidine rings is 2. The third-order valence-electron chi connectivity index (χ3n) is 5.32. The summed E-state index contributed by atoms with van der Waals surface area (Å²) in [7, 11) is 0. The number of nitrogens with zero attached hydrogens (tertiary/aromatic N) is 1. The summed E-state index contributed by atoms with van der Waals surface area (Å²) >= 11 is 0. The zero-order valence-corrected chi connectivity index (χ0v) is 13.5. The quantitative estimate of drug-likeness (QED) is 0.792. The molecule has 24 heavy (non-hydrogen) atoms. The van der Waals surface area contributed by atoms with Crippen LogP contribution < -0.4 is 10.6 Å². The number of imide groups is 1. The Morgan fingerprint density at radius 1 is 1.12 bits per heavy atom. The fraction of sp³-hybridized carbons (Fsp3) is 0.500. The van der Waals surface area contributed by atoms with Crippen molar-refractivity contribution < 1.29 is 14.4 Å². The highest BCUT2D eigenvalue weighted by atomic mass is 16.2. The lowest BCUT2D eigenvalue weighted by molar-refractivity contribution is -0.136. The molecule has 6 heteroatoms. The van der Waals surface area contributed by atoms with Gasteiger partial charge in [0.2, 0.25) is 11.8 Å². The minimum absolute atomic E-state index is 0.0925. The van der Waals surface area contributed by atoms with E-state index in [0.717, 1.165) is 31.5 Å². The van der Waals surface area contributed by atoms with Crippen molar-refractivity contribution >= 4 is 17.7 Å². The predicted molar refractivity (Wildman–Crippen MR) is 87.3 cm³/mol. The molecule has 3 aliphatic heterocycles. The van der Waals surface area contributed by atoms with Crippen molar-refractivity contribution in [2.75, 3.05) is 13.1 Å². The molecule has 4 rings (SSSR count). The molecule has 3 amide bonds. The average molecular weight is 327 g/mol. The van der Waals surface area contributed by atoms with Gasteiger partial charge in [-0.25, -0.2) is 0 Å². The molecule has 2 unspecified atom stereocenters. The van der Waals surface area contributed by atoms with Gasteiger partial charge in [-0.2, -0.15) is 0 Å². The van der Waals surface area contributed by atoms with Gasteiger partial charge in [-0.3, -0.25) is 19.7 Å². The molecule has 0 saturated carbocycles. The fourth-order valence-electron chi connectivity index (χ4n) is 3.96. The lowest BCUT2D eigenvalue weighted by Crippen LogP contribution is -2.52. The van der Waals surface area contributed by atoms with Crippen molar-refractivity contribution in [1.29, 1.82) is 0 Å². The maximum atomic E-state index is 12.8. The summed E-state index contributed by atoms with van der Waals surface area (Å²) in [5.74, 6) is -0.261. The summed E-state index contributed by atoms with van der Waals surface area (Å²) in [5, 5.41) is 5.74. The summed E-state index contributed by atoms with van der Waals surface area (Å²) in [6.07, 6.45) is 2.98. The van der Waals surface area contributed by atoms with E-state index >= 15 is 0 Å². The third kappa shape index (κ3) is 2.60. The molecular formula is C18H21N3O3. The molecule has 6 nitrogen and oxygen atoms in total. The number of hydrogen-bond donors (Lipinski definition) is 2. The van der Waals surface area contributed by atoms with Crippen LogP contribution in [0.4, 0.5) is 0 Å². The summed E-state index contributed by atoms with van der Waals surface area (Å²) in [5.41, 5.74) is 2.87. The maximum absolute atomic E-state index is 12.8. The van der Waals surface area contributed by atoms with Crippen LogP contribution in [0.25, 0.3) is 0 Å². The number of carbonyl (C=O) groups is 3. The Labute approximate surface area is 140 Å². The van der Waals surface area contributed by atoms with Gasteiger partial charge >= 0.3 is 0 Å². The van der Waals surface area contributed by atoms with E-state index in [1.807, 2.05) is 12.1 Å². The van der Waals surface area contributed by atoms with Crippen LogP contribution in [0.15, 0.2) is 18.2 Å². The predicted octanol–water partition coefficient (Wildman–Crippen LogP) is 0.915. The van der Waals surface area contributed by atoms with E-state index in [9.17, 15) is 14.4 Å². The lowest BCUT2D eigenvalue weighted by atomic mass is 9.90. The molecule has 126 valence electrons. The van der Waals surface area contributed by atoms with Crippen LogP contribution in [0.2, 0.25) is 0 Å². The molecule has 2 atom stereocenters. The van der Waals surface area contributed by atoms with Crippen molar-refractivity contribution in [3.05, 3.63) is 34.9 Å². The van der Waals surface area contributed by atoms with Crippen molar-refractivity contribution in [3.63, 3.8) is 0 Å². The molecule has 2 saturated heterocycles. The Balaban J connectivity index is 1.56. The summed E-state index contributed by atoms with van der Waals surface area (Å²) in [6.45, 7) is 2.46. The zero-order valence-electron chi connectivity index (χ0n) is 13.5. The van der Waals surface area contributed by atoms with Gasteiger partial charge in [0.1, 0.15) is 6.04 Å². The number of rotatable bonds is 2. The van der Waals surface area contributed by atoms with Crippen LogP contribution in [0.5, 0.6) is 0 Å². The second kappa shape index (κ2) is 6.02. The molecule has 2 N–H and O–H groups in total. The van der Waals surface area contributed by atoms with Gasteiger partial charge in [-0.15, -0.1) is 0 Å². The third-order valence-corrected chi connectivity index (χ3v) is 5.32. The smallest absolute Gasteiger partial charge is 0.255 e. The second-order valence-electron chi connectivity index (χ2n) is 6.86. The Bertz CT molecular complexity index is 709. The van der Waals surface area contributed by atoms with Gasteiger partial charge in [0, 0.05) is 25.1 Å². The fourth-order valence-corrected chi connectivity index (χ4v) is 3.96. The number of benzene rings is 1. The standard InChI is InChI=1S/C18H21N3O3/c22-16-6-5-15(17(23)20-16)21-10-13-4-3-11(8-14(13)18(21)24)12-2-1-7-19-9-12/h3-4,8,12,15,19H,1-2,5-7,9-10H2,(H,20,22,23). The van der Waals surface area contributed by atoms with Gasteiger partial charge in [0.05, 0.1) is 0 Å².